The molecule has 1 aliphatic heterocycles. The van der Waals surface area contributed by atoms with Gasteiger partial charge < -0.3 is 15.1 Å². The third-order valence-electron chi connectivity index (χ3n) is 5.36. The smallest absolute Gasteiger partial charge is 0.255 e. The van der Waals surface area contributed by atoms with Gasteiger partial charge in [-0.1, -0.05) is 30.3 Å². The normalized spacial score (nSPS) is 14.8. The van der Waals surface area contributed by atoms with Crippen LogP contribution in [0.1, 0.15) is 39.1 Å². The van der Waals surface area contributed by atoms with Gasteiger partial charge in [-0.2, -0.15) is 0 Å². The van der Waals surface area contributed by atoms with Crippen LogP contribution in [0.5, 0.6) is 0 Å². The zero-order valence-corrected chi connectivity index (χ0v) is 17.3. The minimum atomic E-state index is -0.199. The maximum Gasteiger partial charge on any atom is 0.255 e. The summed E-state index contributed by atoms with van der Waals surface area (Å²) in [5.41, 5.74) is 2.26. The van der Waals surface area contributed by atoms with E-state index >= 15 is 0 Å². The Bertz CT molecular complexity index is 815. The third-order valence-corrected chi connectivity index (χ3v) is 5.36. The first-order valence-corrected chi connectivity index (χ1v) is 10.2. The van der Waals surface area contributed by atoms with E-state index in [-0.39, 0.29) is 11.8 Å². The molecule has 1 fully saturated rings. The molecule has 1 aliphatic rings. The average molecular weight is 395 g/mol. The molecule has 154 valence electrons. The molecule has 1 N–H and O–H groups in total. The molecule has 2 amide bonds. The van der Waals surface area contributed by atoms with Crippen molar-refractivity contribution in [2.75, 3.05) is 40.3 Å². The number of pyridine rings is 1. The molecule has 1 aromatic heterocycles. The number of likely N-dealkylation sites (N-methyl/N-ethyl adjacent to an activating group) is 1. The van der Waals surface area contributed by atoms with E-state index < -0.39 is 0 Å². The molecule has 6 heteroatoms. The molecule has 3 rings (SSSR count). The van der Waals surface area contributed by atoms with Crippen molar-refractivity contribution in [3.05, 3.63) is 65.5 Å². The number of hydrogen-bond acceptors (Lipinski definition) is 4. The number of nitrogens with one attached hydrogen (secondary N) is 1. The summed E-state index contributed by atoms with van der Waals surface area (Å²) in [5, 5.41) is 2.86. The Labute approximate surface area is 172 Å². The molecule has 1 aromatic carbocycles. The fraction of sp³-hybridized carbons (Fsp3) is 0.435. The second kappa shape index (κ2) is 10.2. The summed E-state index contributed by atoms with van der Waals surface area (Å²) in [4.78, 5) is 33.2. The van der Waals surface area contributed by atoms with Crippen molar-refractivity contribution in [1.29, 1.82) is 0 Å². The first-order chi connectivity index (χ1) is 14.0. The standard InChI is InChI=1S/C23H30N4O2/c1-26(2)13-10-25-22(28)20-15-21(17-24-16-20)23(29)27-11-8-19(9-12-27)14-18-6-4-3-5-7-18/h3-7,15-17,19H,8-14H2,1-2H3,(H,25,28). The van der Waals surface area contributed by atoms with Gasteiger partial charge in [0.1, 0.15) is 0 Å². The molecule has 0 bridgehead atoms. The lowest BCUT2D eigenvalue weighted by Crippen LogP contribution is -2.39. The Balaban J connectivity index is 1.53. The predicted molar refractivity (Wildman–Crippen MR) is 114 cm³/mol. The topological polar surface area (TPSA) is 65.5 Å². The number of benzene rings is 1. The van der Waals surface area contributed by atoms with Crippen LogP contribution in [0.2, 0.25) is 0 Å². The van der Waals surface area contributed by atoms with Crippen LogP contribution >= 0.6 is 0 Å². The van der Waals surface area contributed by atoms with Gasteiger partial charge in [0.25, 0.3) is 11.8 Å². The molecule has 0 saturated carbocycles. The minimum Gasteiger partial charge on any atom is -0.351 e. The van der Waals surface area contributed by atoms with Crippen molar-refractivity contribution in [2.24, 2.45) is 5.92 Å². The van der Waals surface area contributed by atoms with Crippen LogP contribution in [-0.2, 0) is 6.42 Å². The number of carbonyl (C=O) groups excluding carboxylic acids is 2. The number of likely N-dealkylation sites (tertiary alicyclic amines) is 1. The van der Waals surface area contributed by atoms with Gasteiger partial charge >= 0.3 is 0 Å². The molecule has 1 saturated heterocycles. The molecule has 6 nitrogen and oxygen atoms in total. The average Bonchev–Trinajstić information content (AvgIpc) is 2.74. The van der Waals surface area contributed by atoms with Crippen LogP contribution in [0.4, 0.5) is 0 Å². The summed E-state index contributed by atoms with van der Waals surface area (Å²) in [6.07, 6.45) is 6.12. The summed E-state index contributed by atoms with van der Waals surface area (Å²) in [6.45, 7) is 2.81. The van der Waals surface area contributed by atoms with Gasteiger partial charge in [0, 0.05) is 38.6 Å². The fourth-order valence-electron chi connectivity index (χ4n) is 3.65. The molecular formula is C23H30N4O2. The lowest BCUT2D eigenvalue weighted by atomic mass is 9.90. The number of rotatable bonds is 7. The lowest BCUT2D eigenvalue weighted by molar-refractivity contribution is 0.0690. The molecule has 0 radical (unpaired) electrons. The van der Waals surface area contributed by atoms with Gasteiger partial charge in [0.15, 0.2) is 0 Å². The Morgan fingerprint density at radius 3 is 2.48 bits per heavy atom. The zero-order chi connectivity index (χ0) is 20.6. The lowest BCUT2D eigenvalue weighted by Gasteiger charge is -2.32. The molecular weight excluding hydrogens is 364 g/mol. The predicted octanol–water partition coefficient (Wildman–Crippen LogP) is 2.47. The maximum absolute atomic E-state index is 12.9. The van der Waals surface area contributed by atoms with E-state index in [1.165, 1.54) is 11.8 Å². The van der Waals surface area contributed by atoms with E-state index in [4.69, 9.17) is 0 Å². The number of hydrogen-bond donors (Lipinski definition) is 1. The van der Waals surface area contributed by atoms with E-state index in [9.17, 15) is 9.59 Å². The molecule has 0 unspecified atom stereocenters. The minimum absolute atomic E-state index is 0.0430. The van der Waals surface area contributed by atoms with E-state index in [1.54, 1.807) is 12.3 Å². The van der Waals surface area contributed by atoms with E-state index in [0.717, 1.165) is 38.9 Å². The van der Waals surface area contributed by atoms with Crippen molar-refractivity contribution < 1.29 is 9.59 Å². The fourth-order valence-corrected chi connectivity index (χ4v) is 3.65. The largest absolute Gasteiger partial charge is 0.351 e. The molecule has 0 atom stereocenters. The quantitative estimate of drug-likeness (QED) is 0.784. The van der Waals surface area contributed by atoms with Gasteiger partial charge in [0.05, 0.1) is 11.1 Å². The Morgan fingerprint density at radius 2 is 1.79 bits per heavy atom. The highest BCUT2D eigenvalue weighted by Gasteiger charge is 2.24. The van der Waals surface area contributed by atoms with E-state index in [2.05, 4.69) is 34.6 Å². The highest BCUT2D eigenvalue weighted by Crippen LogP contribution is 2.23. The Morgan fingerprint density at radius 1 is 1.10 bits per heavy atom. The van der Waals surface area contributed by atoms with Crippen LogP contribution in [0, 0.1) is 5.92 Å². The molecule has 0 aliphatic carbocycles. The number of carbonyl (C=O) groups is 2. The van der Waals surface area contributed by atoms with Crippen LogP contribution in [0.15, 0.2) is 48.8 Å². The molecule has 2 aromatic rings. The highest BCUT2D eigenvalue weighted by molar-refractivity contribution is 5.99. The molecule has 29 heavy (non-hydrogen) atoms. The summed E-state index contributed by atoms with van der Waals surface area (Å²) in [5.74, 6) is 0.363. The molecule has 2 heterocycles. The Kier molecular flexibility index (Phi) is 7.36. The summed E-state index contributed by atoms with van der Waals surface area (Å²) in [6, 6.07) is 12.2. The first kappa shape index (κ1) is 21.0. The first-order valence-electron chi connectivity index (χ1n) is 10.2. The van der Waals surface area contributed by atoms with Crippen LogP contribution < -0.4 is 5.32 Å². The van der Waals surface area contributed by atoms with E-state index in [0.29, 0.717) is 23.6 Å². The van der Waals surface area contributed by atoms with Crippen molar-refractivity contribution >= 4 is 11.8 Å². The molecule has 0 spiro atoms. The van der Waals surface area contributed by atoms with Crippen LogP contribution in [0.3, 0.4) is 0 Å². The second-order valence-corrected chi connectivity index (χ2v) is 7.95. The summed E-state index contributed by atoms with van der Waals surface area (Å²) >= 11 is 0. The van der Waals surface area contributed by atoms with Crippen LogP contribution in [-0.4, -0.2) is 66.9 Å². The van der Waals surface area contributed by atoms with Gasteiger partial charge in [0.2, 0.25) is 0 Å². The highest BCUT2D eigenvalue weighted by atomic mass is 16.2. The number of aromatic nitrogens is 1. The maximum atomic E-state index is 12.9. The number of amides is 2. The SMILES string of the molecule is CN(C)CCNC(=O)c1cncc(C(=O)N2CCC(Cc3ccccc3)CC2)c1. The van der Waals surface area contributed by atoms with Gasteiger partial charge in [-0.05, 0) is 50.9 Å². The van der Waals surface area contributed by atoms with Crippen molar-refractivity contribution in [2.45, 2.75) is 19.3 Å². The van der Waals surface area contributed by atoms with Crippen molar-refractivity contribution in [1.82, 2.24) is 20.1 Å². The van der Waals surface area contributed by atoms with Gasteiger partial charge in [-0.15, -0.1) is 0 Å². The zero-order valence-electron chi connectivity index (χ0n) is 17.3. The van der Waals surface area contributed by atoms with Gasteiger partial charge in [-0.3, -0.25) is 14.6 Å². The van der Waals surface area contributed by atoms with Crippen LogP contribution in [0.25, 0.3) is 0 Å². The number of piperidine rings is 1. The number of nitrogens with zero attached hydrogens (tertiary/aromatic N) is 3. The Hall–Kier alpha value is -2.73. The van der Waals surface area contributed by atoms with Crippen molar-refractivity contribution in [3.8, 4) is 0 Å². The summed E-state index contributed by atoms with van der Waals surface area (Å²) < 4.78 is 0. The second-order valence-electron chi connectivity index (χ2n) is 7.95. The van der Waals surface area contributed by atoms with E-state index in [1.807, 2.05) is 30.0 Å². The van der Waals surface area contributed by atoms with Gasteiger partial charge in [-0.25, -0.2) is 0 Å². The van der Waals surface area contributed by atoms with Crippen molar-refractivity contribution in [3.63, 3.8) is 0 Å². The third kappa shape index (κ3) is 6.12. The monoisotopic (exact) mass is 394 g/mol. The summed E-state index contributed by atoms with van der Waals surface area (Å²) in [7, 11) is 3.91.